The van der Waals surface area contributed by atoms with Crippen LogP contribution in [0.2, 0.25) is 0 Å². The van der Waals surface area contributed by atoms with E-state index in [2.05, 4.69) is 5.32 Å². The summed E-state index contributed by atoms with van der Waals surface area (Å²) in [4.78, 5) is 20.5. The molecule has 0 aliphatic carbocycles. The second-order valence-corrected chi connectivity index (χ2v) is 10.1. The summed E-state index contributed by atoms with van der Waals surface area (Å²) in [5.74, 6) is -0.695. The first-order valence-electron chi connectivity index (χ1n) is 11.8. The summed E-state index contributed by atoms with van der Waals surface area (Å²) in [5.41, 5.74) is -0.216. The topological polar surface area (TPSA) is 81.6 Å². The van der Waals surface area contributed by atoms with Gasteiger partial charge in [-0.2, -0.15) is 4.99 Å². The van der Waals surface area contributed by atoms with Gasteiger partial charge < -0.3 is 24.3 Å². The van der Waals surface area contributed by atoms with Crippen molar-refractivity contribution in [3.63, 3.8) is 0 Å². The Morgan fingerprint density at radius 2 is 2.00 bits per heavy atom. The Kier molecular flexibility index (Phi) is 4.62. The summed E-state index contributed by atoms with van der Waals surface area (Å²) in [6, 6.07) is 9.29. The Balaban J connectivity index is 1.61. The average molecular weight is 464 g/mol. The smallest absolute Gasteiger partial charge is 0.298 e. The number of amides is 1. The molecule has 1 aromatic carbocycles. The van der Waals surface area contributed by atoms with Crippen LogP contribution in [0, 0.1) is 5.92 Å². The van der Waals surface area contributed by atoms with E-state index in [9.17, 15) is 4.79 Å². The van der Waals surface area contributed by atoms with Gasteiger partial charge in [0.2, 0.25) is 17.4 Å². The normalized spacial score (nSPS) is 35.1. The molecule has 2 spiro atoms. The quantitative estimate of drug-likeness (QED) is 0.742. The molecule has 5 aliphatic heterocycles. The third-order valence-electron chi connectivity index (χ3n) is 7.14. The van der Waals surface area contributed by atoms with E-state index in [0.29, 0.717) is 30.4 Å². The zero-order valence-electron chi connectivity index (χ0n) is 19.8. The number of fused-ring (bicyclic) bond motifs is 2. The van der Waals surface area contributed by atoms with Gasteiger partial charge in [0.1, 0.15) is 12.1 Å². The first kappa shape index (κ1) is 21.6. The van der Waals surface area contributed by atoms with Gasteiger partial charge in [-0.05, 0) is 37.5 Å². The Morgan fingerprint density at radius 3 is 2.76 bits per heavy atom. The zero-order valence-corrected chi connectivity index (χ0v) is 19.8. The maximum absolute atomic E-state index is 13.7. The Labute approximate surface area is 198 Å². The van der Waals surface area contributed by atoms with Crippen LogP contribution in [0.15, 0.2) is 71.3 Å². The van der Waals surface area contributed by atoms with Crippen molar-refractivity contribution in [1.82, 2.24) is 10.2 Å². The minimum atomic E-state index is -1.47. The lowest BCUT2D eigenvalue weighted by Crippen LogP contribution is -2.77. The highest BCUT2D eigenvalue weighted by Crippen LogP contribution is 2.56. The fourth-order valence-corrected chi connectivity index (χ4v) is 5.37. The molecule has 5 heterocycles. The standard InChI is InChI=1S/C26H29N3O5/c1-16(2)20-21-28-23-25(12-8-9-13-31-23)26(33-19(15-32-25)24(3,4)34-26)29(21)18(22(30)27-20)14-17-10-6-5-7-11-17/h5-13,16,18-19H,14-15H2,1-4H3,(H,27,30). The molecule has 0 radical (unpaired) electrons. The summed E-state index contributed by atoms with van der Waals surface area (Å²) in [5, 5.41) is 3.11. The third-order valence-corrected chi connectivity index (χ3v) is 7.14. The van der Waals surface area contributed by atoms with Crippen molar-refractivity contribution in [1.29, 1.82) is 0 Å². The molecule has 8 nitrogen and oxygen atoms in total. The predicted molar refractivity (Wildman–Crippen MR) is 124 cm³/mol. The highest BCUT2D eigenvalue weighted by molar-refractivity contribution is 5.94. The average Bonchev–Trinajstić information content (AvgIpc) is 2.91. The molecule has 1 aromatic rings. The molecule has 1 amide bonds. The summed E-state index contributed by atoms with van der Waals surface area (Å²) < 4.78 is 26.1. The summed E-state index contributed by atoms with van der Waals surface area (Å²) in [6.45, 7) is 8.32. The van der Waals surface area contributed by atoms with E-state index in [1.807, 2.05) is 75.1 Å². The molecule has 5 aliphatic rings. The summed E-state index contributed by atoms with van der Waals surface area (Å²) >= 11 is 0. The van der Waals surface area contributed by atoms with Crippen molar-refractivity contribution < 1.29 is 23.7 Å². The molecule has 2 fully saturated rings. The number of hydrogen-bond donors (Lipinski definition) is 1. The van der Waals surface area contributed by atoms with Crippen LogP contribution in [-0.2, 0) is 30.2 Å². The van der Waals surface area contributed by atoms with Crippen LogP contribution >= 0.6 is 0 Å². The lowest BCUT2D eigenvalue weighted by molar-refractivity contribution is -0.360. The number of hydrogen-bond acceptors (Lipinski definition) is 7. The molecule has 4 unspecified atom stereocenters. The van der Waals surface area contributed by atoms with Gasteiger partial charge >= 0.3 is 0 Å². The molecule has 4 atom stereocenters. The third kappa shape index (κ3) is 2.82. The van der Waals surface area contributed by atoms with Gasteiger partial charge in [-0.15, -0.1) is 0 Å². The van der Waals surface area contributed by atoms with Crippen molar-refractivity contribution in [2.24, 2.45) is 10.9 Å². The van der Waals surface area contributed by atoms with Crippen LogP contribution in [-0.4, -0.2) is 52.6 Å². The van der Waals surface area contributed by atoms with E-state index in [4.69, 9.17) is 23.9 Å². The first-order valence-corrected chi connectivity index (χ1v) is 11.8. The monoisotopic (exact) mass is 463 g/mol. The van der Waals surface area contributed by atoms with E-state index in [1.54, 1.807) is 12.3 Å². The van der Waals surface area contributed by atoms with Gasteiger partial charge in [0.15, 0.2) is 5.82 Å². The molecule has 2 saturated heterocycles. The fourth-order valence-electron chi connectivity index (χ4n) is 5.37. The number of carbonyl (C=O) groups excluding carboxylic acids is 1. The second kappa shape index (κ2) is 7.28. The first-order chi connectivity index (χ1) is 16.3. The number of ether oxygens (including phenoxy) is 4. The summed E-state index contributed by atoms with van der Waals surface area (Å²) in [6.07, 6.45) is 7.18. The number of nitrogens with zero attached hydrogens (tertiary/aromatic N) is 2. The largest absolute Gasteiger partial charge is 0.447 e. The molecule has 34 heavy (non-hydrogen) atoms. The molecule has 6 rings (SSSR count). The van der Waals surface area contributed by atoms with E-state index in [1.165, 1.54) is 0 Å². The maximum Gasteiger partial charge on any atom is 0.298 e. The van der Waals surface area contributed by atoms with Gasteiger partial charge in [-0.3, -0.25) is 9.69 Å². The Bertz CT molecular complexity index is 1150. The van der Waals surface area contributed by atoms with E-state index >= 15 is 0 Å². The van der Waals surface area contributed by atoms with Gasteiger partial charge in [0, 0.05) is 6.42 Å². The number of aliphatic imine (C=N–C) groups is 1. The number of rotatable bonds is 3. The van der Waals surface area contributed by atoms with E-state index in [-0.39, 0.29) is 17.9 Å². The lowest BCUT2D eigenvalue weighted by atomic mass is 9.88. The minimum absolute atomic E-state index is 0.000966. The highest BCUT2D eigenvalue weighted by atomic mass is 16.8. The Hall–Kier alpha value is -2.94. The van der Waals surface area contributed by atoms with E-state index < -0.39 is 23.2 Å². The summed E-state index contributed by atoms with van der Waals surface area (Å²) in [7, 11) is 0. The van der Waals surface area contributed by atoms with Crippen molar-refractivity contribution in [3.05, 3.63) is 71.9 Å². The predicted octanol–water partition coefficient (Wildman–Crippen LogP) is 2.98. The molecule has 2 bridgehead atoms. The van der Waals surface area contributed by atoms with Crippen molar-refractivity contribution in [2.45, 2.75) is 63.4 Å². The van der Waals surface area contributed by atoms with Crippen LogP contribution in [0.3, 0.4) is 0 Å². The number of carbonyl (C=O) groups is 1. The van der Waals surface area contributed by atoms with Crippen molar-refractivity contribution in [2.75, 3.05) is 6.61 Å². The Morgan fingerprint density at radius 1 is 1.21 bits per heavy atom. The molecule has 0 saturated carbocycles. The molecule has 0 aromatic heterocycles. The van der Waals surface area contributed by atoms with Crippen LogP contribution in [0.1, 0.15) is 33.3 Å². The molecule has 8 heteroatoms. The second-order valence-electron chi connectivity index (χ2n) is 10.1. The SMILES string of the molecule is CC(C)C1=C2N=C3OC=CC=CC34OCC3OC4(OC3(C)C)N2C(Cc2ccccc2)C(=O)N1. The van der Waals surface area contributed by atoms with Gasteiger partial charge in [0.25, 0.3) is 5.91 Å². The van der Waals surface area contributed by atoms with Gasteiger partial charge in [-0.25, -0.2) is 0 Å². The maximum atomic E-state index is 13.7. The van der Waals surface area contributed by atoms with Crippen LogP contribution in [0.25, 0.3) is 0 Å². The highest BCUT2D eigenvalue weighted by Gasteiger charge is 2.76. The van der Waals surface area contributed by atoms with Gasteiger partial charge in [-0.1, -0.05) is 50.3 Å². The van der Waals surface area contributed by atoms with Gasteiger partial charge in [0.05, 0.1) is 24.2 Å². The number of allylic oxidation sites excluding steroid dienone is 3. The van der Waals surface area contributed by atoms with Crippen LogP contribution in [0.4, 0.5) is 0 Å². The van der Waals surface area contributed by atoms with E-state index in [0.717, 1.165) is 5.56 Å². The molecular formula is C26H29N3O5. The zero-order chi connectivity index (χ0) is 23.7. The van der Waals surface area contributed by atoms with Crippen molar-refractivity contribution in [3.8, 4) is 0 Å². The minimum Gasteiger partial charge on any atom is -0.447 e. The molecule has 178 valence electrons. The lowest BCUT2D eigenvalue weighted by Gasteiger charge is -2.57. The molecular weight excluding hydrogens is 434 g/mol. The van der Waals surface area contributed by atoms with Crippen LogP contribution < -0.4 is 5.32 Å². The number of nitrogens with one attached hydrogen (secondary N) is 1. The fraction of sp³-hybridized carbons (Fsp3) is 0.462. The van der Waals surface area contributed by atoms with Crippen LogP contribution in [0.5, 0.6) is 0 Å². The number of benzene rings is 1. The molecule has 1 N–H and O–H groups in total. The van der Waals surface area contributed by atoms with Crippen molar-refractivity contribution >= 4 is 11.8 Å².